The first-order valence-electron chi connectivity index (χ1n) is 6.86. The van der Waals surface area contributed by atoms with Crippen LogP contribution < -0.4 is 11.1 Å². The number of nitrogens with two attached hydrogens (primary N) is 1. The third-order valence-electron chi connectivity index (χ3n) is 3.66. The number of anilines is 2. The maximum atomic E-state index is 11.7. The Morgan fingerprint density at radius 3 is 2.85 bits per heavy atom. The minimum Gasteiger partial charge on any atom is -0.384 e. The second kappa shape index (κ2) is 4.96. The molecule has 2 aromatic rings. The van der Waals surface area contributed by atoms with Gasteiger partial charge >= 0.3 is 0 Å². The summed E-state index contributed by atoms with van der Waals surface area (Å²) in [6.45, 7) is 2.05. The SMILES string of the molecule is CCc1nc(N)ccc1-c1cccc2c1NC(=O)CC2. The maximum absolute atomic E-state index is 11.7. The van der Waals surface area contributed by atoms with E-state index in [9.17, 15) is 4.79 Å². The van der Waals surface area contributed by atoms with Crippen molar-refractivity contribution >= 4 is 17.4 Å². The second-order valence-corrected chi connectivity index (χ2v) is 4.97. The molecule has 20 heavy (non-hydrogen) atoms. The fourth-order valence-corrected chi connectivity index (χ4v) is 2.66. The monoisotopic (exact) mass is 267 g/mol. The van der Waals surface area contributed by atoms with Gasteiger partial charge in [0.2, 0.25) is 5.91 Å². The summed E-state index contributed by atoms with van der Waals surface area (Å²) < 4.78 is 0. The van der Waals surface area contributed by atoms with Crippen LogP contribution in [0.25, 0.3) is 11.1 Å². The molecule has 0 unspecified atom stereocenters. The molecular weight excluding hydrogens is 250 g/mol. The van der Waals surface area contributed by atoms with Gasteiger partial charge in [0, 0.05) is 17.5 Å². The van der Waals surface area contributed by atoms with Crippen LogP contribution in [-0.2, 0) is 17.6 Å². The van der Waals surface area contributed by atoms with Crippen molar-refractivity contribution in [2.24, 2.45) is 0 Å². The van der Waals surface area contributed by atoms with E-state index in [0.717, 1.165) is 35.3 Å². The van der Waals surface area contributed by atoms with Crippen LogP contribution in [0.3, 0.4) is 0 Å². The van der Waals surface area contributed by atoms with E-state index >= 15 is 0 Å². The molecular formula is C16H17N3O. The van der Waals surface area contributed by atoms with Crippen LogP contribution in [0.1, 0.15) is 24.6 Å². The van der Waals surface area contributed by atoms with Gasteiger partial charge in [0.1, 0.15) is 5.82 Å². The quantitative estimate of drug-likeness (QED) is 0.879. The number of rotatable bonds is 2. The summed E-state index contributed by atoms with van der Waals surface area (Å²) in [7, 11) is 0. The zero-order valence-electron chi connectivity index (χ0n) is 11.4. The molecule has 1 aromatic heterocycles. The van der Waals surface area contributed by atoms with E-state index in [1.54, 1.807) is 6.07 Å². The summed E-state index contributed by atoms with van der Waals surface area (Å²) in [6.07, 6.45) is 2.15. The van der Waals surface area contributed by atoms with Crippen molar-refractivity contribution in [2.45, 2.75) is 26.2 Å². The first kappa shape index (κ1) is 12.7. The van der Waals surface area contributed by atoms with Gasteiger partial charge in [0.05, 0.1) is 11.4 Å². The lowest BCUT2D eigenvalue weighted by atomic mass is 9.94. The first-order chi connectivity index (χ1) is 9.69. The summed E-state index contributed by atoms with van der Waals surface area (Å²) in [5.41, 5.74) is 10.9. The van der Waals surface area contributed by atoms with Gasteiger partial charge in [-0.25, -0.2) is 4.98 Å². The molecule has 0 bridgehead atoms. The molecule has 0 atom stereocenters. The van der Waals surface area contributed by atoms with Crippen LogP contribution in [0.5, 0.6) is 0 Å². The molecule has 4 heteroatoms. The minimum absolute atomic E-state index is 0.0754. The first-order valence-corrected chi connectivity index (χ1v) is 6.86. The van der Waals surface area contributed by atoms with Crippen molar-refractivity contribution in [3.8, 4) is 11.1 Å². The van der Waals surface area contributed by atoms with Gasteiger partial charge in [0.25, 0.3) is 0 Å². The smallest absolute Gasteiger partial charge is 0.224 e. The number of amides is 1. The number of hydrogen-bond acceptors (Lipinski definition) is 3. The Labute approximate surface area is 118 Å². The fourth-order valence-electron chi connectivity index (χ4n) is 2.66. The van der Waals surface area contributed by atoms with E-state index in [1.165, 1.54) is 5.56 Å². The normalized spacial score (nSPS) is 13.8. The predicted molar refractivity (Wildman–Crippen MR) is 80.4 cm³/mol. The van der Waals surface area contributed by atoms with Crippen molar-refractivity contribution in [2.75, 3.05) is 11.1 Å². The molecule has 1 amide bonds. The van der Waals surface area contributed by atoms with Crippen LogP contribution in [0, 0.1) is 0 Å². The summed E-state index contributed by atoms with van der Waals surface area (Å²) in [5, 5.41) is 2.99. The highest BCUT2D eigenvalue weighted by molar-refractivity contribution is 5.99. The van der Waals surface area contributed by atoms with Crippen molar-refractivity contribution in [1.29, 1.82) is 0 Å². The van der Waals surface area contributed by atoms with Crippen molar-refractivity contribution < 1.29 is 4.79 Å². The van der Waals surface area contributed by atoms with Gasteiger partial charge in [-0.3, -0.25) is 4.79 Å². The summed E-state index contributed by atoms with van der Waals surface area (Å²) in [5.74, 6) is 0.603. The number of para-hydroxylation sites is 1. The molecule has 0 aliphatic carbocycles. The van der Waals surface area contributed by atoms with E-state index in [-0.39, 0.29) is 5.91 Å². The van der Waals surface area contributed by atoms with E-state index < -0.39 is 0 Å². The van der Waals surface area contributed by atoms with Crippen LogP contribution in [0.15, 0.2) is 30.3 Å². The Morgan fingerprint density at radius 1 is 1.20 bits per heavy atom. The molecule has 1 aliphatic heterocycles. The number of nitrogen functional groups attached to an aromatic ring is 1. The number of aromatic nitrogens is 1. The maximum Gasteiger partial charge on any atom is 0.224 e. The zero-order valence-corrected chi connectivity index (χ0v) is 11.4. The zero-order chi connectivity index (χ0) is 14.1. The summed E-state index contributed by atoms with van der Waals surface area (Å²) >= 11 is 0. The number of carbonyl (C=O) groups excluding carboxylic acids is 1. The van der Waals surface area contributed by atoms with Gasteiger partial charge in [-0.2, -0.15) is 0 Å². The number of benzene rings is 1. The molecule has 0 radical (unpaired) electrons. The largest absolute Gasteiger partial charge is 0.384 e. The number of nitrogens with one attached hydrogen (secondary N) is 1. The van der Waals surface area contributed by atoms with Gasteiger partial charge in [0.15, 0.2) is 0 Å². The molecule has 0 saturated heterocycles. The molecule has 0 fully saturated rings. The Bertz CT molecular complexity index is 679. The van der Waals surface area contributed by atoms with E-state index in [1.807, 2.05) is 18.2 Å². The Morgan fingerprint density at radius 2 is 2.05 bits per heavy atom. The number of nitrogens with zero attached hydrogens (tertiary/aromatic N) is 1. The van der Waals surface area contributed by atoms with Crippen LogP contribution in [-0.4, -0.2) is 10.9 Å². The molecule has 102 valence electrons. The highest BCUT2D eigenvalue weighted by atomic mass is 16.1. The standard InChI is InChI=1S/C16H17N3O/c1-2-13-11(7-8-14(17)18-13)12-5-3-4-10-6-9-15(20)19-16(10)12/h3-5,7-8H,2,6,9H2,1H3,(H2,17,18)(H,19,20). The lowest BCUT2D eigenvalue weighted by molar-refractivity contribution is -0.116. The molecule has 3 N–H and O–H groups in total. The van der Waals surface area contributed by atoms with Gasteiger partial charge in [-0.1, -0.05) is 25.1 Å². The Hall–Kier alpha value is -2.36. The second-order valence-electron chi connectivity index (χ2n) is 4.97. The average molecular weight is 267 g/mol. The van der Waals surface area contributed by atoms with Crippen molar-refractivity contribution in [1.82, 2.24) is 4.98 Å². The number of hydrogen-bond donors (Lipinski definition) is 2. The van der Waals surface area contributed by atoms with Crippen molar-refractivity contribution in [3.63, 3.8) is 0 Å². The Kier molecular flexibility index (Phi) is 3.14. The van der Waals surface area contributed by atoms with Crippen LogP contribution in [0.2, 0.25) is 0 Å². The number of aryl methyl sites for hydroxylation is 2. The molecule has 1 aromatic carbocycles. The van der Waals surface area contributed by atoms with Crippen LogP contribution in [0.4, 0.5) is 11.5 Å². The highest BCUT2D eigenvalue weighted by Crippen LogP contribution is 2.35. The van der Waals surface area contributed by atoms with E-state index in [0.29, 0.717) is 12.2 Å². The third kappa shape index (κ3) is 2.13. The molecule has 0 spiro atoms. The molecule has 4 nitrogen and oxygen atoms in total. The summed E-state index contributed by atoms with van der Waals surface area (Å²) in [6, 6.07) is 9.91. The average Bonchev–Trinajstić information content (AvgIpc) is 2.46. The van der Waals surface area contributed by atoms with Gasteiger partial charge in [-0.05, 0) is 30.5 Å². The predicted octanol–water partition coefficient (Wildman–Crippen LogP) is 2.78. The topological polar surface area (TPSA) is 68.0 Å². The molecule has 2 heterocycles. The van der Waals surface area contributed by atoms with Gasteiger partial charge < -0.3 is 11.1 Å². The minimum atomic E-state index is 0.0754. The molecule has 0 saturated carbocycles. The van der Waals surface area contributed by atoms with Gasteiger partial charge in [-0.15, -0.1) is 0 Å². The number of fused-ring (bicyclic) bond motifs is 1. The van der Waals surface area contributed by atoms with Crippen molar-refractivity contribution in [3.05, 3.63) is 41.6 Å². The summed E-state index contributed by atoms with van der Waals surface area (Å²) in [4.78, 5) is 16.1. The lowest BCUT2D eigenvalue weighted by Gasteiger charge is -2.21. The third-order valence-corrected chi connectivity index (χ3v) is 3.66. The molecule has 1 aliphatic rings. The van der Waals surface area contributed by atoms with E-state index in [4.69, 9.17) is 5.73 Å². The number of carbonyl (C=O) groups is 1. The fraction of sp³-hybridized carbons (Fsp3) is 0.250. The highest BCUT2D eigenvalue weighted by Gasteiger charge is 2.19. The number of pyridine rings is 1. The van der Waals surface area contributed by atoms with E-state index in [2.05, 4.69) is 23.3 Å². The molecule has 3 rings (SSSR count). The van der Waals surface area contributed by atoms with Crippen LogP contribution >= 0.6 is 0 Å². The lowest BCUT2D eigenvalue weighted by Crippen LogP contribution is -2.19. The Balaban J connectivity index is 2.18.